The van der Waals surface area contributed by atoms with Crippen LogP contribution in [0.15, 0.2) is 5.16 Å². The second kappa shape index (κ2) is 6.43. The van der Waals surface area contributed by atoms with E-state index in [2.05, 4.69) is 5.16 Å². The minimum absolute atomic E-state index is 0.335. The van der Waals surface area contributed by atoms with E-state index < -0.39 is 0 Å². The normalized spacial score (nSPS) is 16.0. The zero-order valence-electron chi connectivity index (χ0n) is 9.66. The molecule has 4 heteroatoms. The van der Waals surface area contributed by atoms with Crippen LogP contribution in [0.2, 0.25) is 0 Å². The number of nitrogens with zero attached hydrogens (tertiary/aromatic N) is 2. The van der Waals surface area contributed by atoms with E-state index in [1.165, 1.54) is 19.3 Å². The number of amides is 1. The Balaban J connectivity index is 2.37. The Kier molecular flexibility index (Phi) is 5.15. The van der Waals surface area contributed by atoms with Crippen molar-refractivity contribution >= 4 is 11.8 Å². The Morgan fingerprint density at radius 2 is 1.87 bits per heavy atom. The minimum atomic E-state index is -0.335. The number of hydrogen-bond acceptors (Lipinski definition) is 3. The first-order valence-electron chi connectivity index (χ1n) is 5.79. The summed E-state index contributed by atoms with van der Waals surface area (Å²) in [4.78, 5) is 18.0. The zero-order valence-corrected chi connectivity index (χ0v) is 9.66. The Hall–Kier alpha value is -1.06. The second-order valence-corrected chi connectivity index (χ2v) is 3.75. The summed E-state index contributed by atoms with van der Waals surface area (Å²) >= 11 is 0. The molecule has 1 rings (SSSR count). The molecule has 1 fully saturated rings. The van der Waals surface area contributed by atoms with Gasteiger partial charge in [0.2, 0.25) is 0 Å². The number of carbonyl (C=O) groups is 1. The monoisotopic (exact) mass is 212 g/mol. The first-order valence-corrected chi connectivity index (χ1v) is 5.79. The first kappa shape index (κ1) is 12.0. The molecule has 0 spiro atoms. The van der Waals surface area contributed by atoms with Crippen LogP contribution >= 0.6 is 0 Å². The predicted octanol–water partition coefficient (Wildman–Crippen LogP) is 2.78. The molecule has 0 bridgehead atoms. The Bertz CT molecular complexity index is 227. The SMILES string of the molecule is CCN(CC)C(=O)ON=C1CCCCC1. The maximum Gasteiger partial charge on any atom is 0.435 e. The van der Waals surface area contributed by atoms with Crippen molar-refractivity contribution in [2.45, 2.75) is 46.0 Å². The highest BCUT2D eigenvalue weighted by molar-refractivity contribution is 5.85. The standard InChI is InChI=1S/C11H20N2O2/c1-3-13(4-2)11(14)15-12-10-8-6-5-7-9-10/h3-9H2,1-2H3. The minimum Gasteiger partial charge on any atom is -0.307 e. The molecule has 0 aromatic rings. The van der Waals surface area contributed by atoms with Crippen LogP contribution in [0.3, 0.4) is 0 Å². The Morgan fingerprint density at radius 3 is 2.40 bits per heavy atom. The molecule has 1 aliphatic carbocycles. The Morgan fingerprint density at radius 1 is 1.27 bits per heavy atom. The van der Waals surface area contributed by atoms with Crippen LogP contribution in [0.4, 0.5) is 4.79 Å². The molecule has 0 heterocycles. The maximum atomic E-state index is 11.4. The van der Waals surface area contributed by atoms with Crippen LogP contribution in [-0.2, 0) is 4.84 Å². The summed E-state index contributed by atoms with van der Waals surface area (Å²) in [7, 11) is 0. The largest absolute Gasteiger partial charge is 0.435 e. The van der Waals surface area contributed by atoms with Crippen LogP contribution in [0.5, 0.6) is 0 Å². The lowest BCUT2D eigenvalue weighted by Gasteiger charge is -2.16. The molecule has 4 nitrogen and oxygen atoms in total. The average molecular weight is 212 g/mol. The van der Waals surface area contributed by atoms with Gasteiger partial charge in [-0.2, -0.15) is 0 Å². The highest BCUT2D eigenvalue weighted by atomic mass is 16.7. The van der Waals surface area contributed by atoms with Crippen molar-refractivity contribution in [3.05, 3.63) is 0 Å². The fourth-order valence-corrected chi connectivity index (χ4v) is 1.69. The summed E-state index contributed by atoms with van der Waals surface area (Å²) in [6.45, 7) is 5.19. The maximum absolute atomic E-state index is 11.4. The van der Waals surface area contributed by atoms with Gasteiger partial charge >= 0.3 is 6.09 Å². The van der Waals surface area contributed by atoms with E-state index in [0.29, 0.717) is 13.1 Å². The van der Waals surface area contributed by atoms with Gasteiger partial charge in [-0.05, 0) is 39.5 Å². The van der Waals surface area contributed by atoms with Crippen LogP contribution in [0.25, 0.3) is 0 Å². The smallest absolute Gasteiger partial charge is 0.307 e. The van der Waals surface area contributed by atoms with Gasteiger partial charge in [-0.1, -0.05) is 11.6 Å². The van der Waals surface area contributed by atoms with Gasteiger partial charge in [0.25, 0.3) is 0 Å². The summed E-state index contributed by atoms with van der Waals surface area (Å²) < 4.78 is 0. The summed E-state index contributed by atoms with van der Waals surface area (Å²) in [6, 6.07) is 0. The molecule has 0 aliphatic heterocycles. The molecule has 0 radical (unpaired) electrons. The van der Waals surface area contributed by atoms with E-state index in [0.717, 1.165) is 18.6 Å². The third-order valence-corrected chi connectivity index (χ3v) is 2.71. The molecule has 86 valence electrons. The molecule has 0 aromatic heterocycles. The molecular formula is C11H20N2O2. The molecule has 0 saturated heterocycles. The van der Waals surface area contributed by atoms with Gasteiger partial charge in [0, 0.05) is 13.1 Å². The van der Waals surface area contributed by atoms with E-state index in [4.69, 9.17) is 4.84 Å². The fourth-order valence-electron chi connectivity index (χ4n) is 1.69. The van der Waals surface area contributed by atoms with Gasteiger partial charge in [-0.3, -0.25) is 4.84 Å². The quantitative estimate of drug-likeness (QED) is 0.533. The predicted molar refractivity (Wildman–Crippen MR) is 59.9 cm³/mol. The Labute approximate surface area is 91.3 Å². The van der Waals surface area contributed by atoms with Crippen LogP contribution in [-0.4, -0.2) is 29.8 Å². The summed E-state index contributed by atoms with van der Waals surface area (Å²) in [5.74, 6) is 0. The topological polar surface area (TPSA) is 41.9 Å². The van der Waals surface area contributed by atoms with E-state index in [9.17, 15) is 4.79 Å². The van der Waals surface area contributed by atoms with Crippen molar-refractivity contribution < 1.29 is 9.63 Å². The number of oxime groups is 1. The van der Waals surface area contributed by atoms with E-state index in [1.807, 2.05) is 13.8 Å². The molecule has 0 unspecified atom stereocenters. The van der Waals surface area contributed by atoms with Crippen molar-refractivity contribution in [3.8, 4) is 0 Å². The lowest BCUT2D eigenvalue weighted by molar-refractivity contribution is 0.109. The molecular weight excluding hydrogens is 192 g/mol. The fraction of sp³-hybridized carbons (Fsp3) is 0.818. The first-order chi connectivity index (χ1) is 7.27. The third kappa shape index (κ3) is 3.90. The summed E-state index contributed by atoms with van der Waals surface area (Å²) in [6.07, 6.45) is 5.22. The van der Waals surface area contributed by atoms with Gasteiger partial charge in [-0.15, -0.1) is 0 Å². The van der Waals surface area contributed by atoms with Gasteiger partial charge in [0.15, 0.2) is 0 Å². The van der Waals surface area contributed by atoms with Crippen molar-refractivity contribution in [3.63, 3.8) is 0 Å². The van der Waals surface area contributed by atoms with Gasteiger partial charge < -0.3 is 4.90 Å². The van der Waals surface area contributed by atoms with Crippen molar-refractivity contribution in [2.75, 3.05) is 13.1 Å². The molecule has 0 aromatic carbocycles. The van der Waals surface area contributed by atoms with Gasteiger partial charge in [0.1, 0.15) is 0 Å². The van der Waals surface area contributed by atoms with Crippen molar-refractivity contribution in [2.24, 2.45) is 5.16 Å². The van der Waals surface area contributed by atoms with Gasteiger partial charge in [-0.25, -0.2) is 4.79 Å². The molecule has 1 amide bonds. The van der Waals surface area contributed by atoms with Crippen molar-refractivity contribution in [1.29, 1.82) is 0 Å². The van der Waals surface area contributed by atoms with Crippen LogP contribution in [0, 0.1) is 0 Å². The van der Waals surface area contributed by atoms with Crippen LogP contribution < -0.4 is 0 Å². The molecule has 15 heavy (non-hydrogen) atoms. The summed E-state index contributed by atoms with van der Waals surface area (Å²) in [5, 5.41) is 3.93. The second-order valence-electron chi connectivity index (χ2n) is 3.75. The van der Waals surface area contributed by atoms with Gasteiger partial charge in [0.05, 0.1) is 5.71 Å². The highest BCUT2D eigenvalue weighted by Crippen LogP contribution is 2.15. The van der Waals surface area contributed by atoms with Crippen LogP contribution in [0.1, 0.15) is 46.0 Å². The number of rotatable bonds is 3. The molecule has 1 aliphatic rings. The van der Waals surface area contributed by atoms with Crippen molar-refractivity contribution in [1.82, 2.24) is 4.90 Å². The number of carbonyl (C=O) groups excluding carboxylic acids is 1. The third-order valence-electron chi connectivity index (χ3n) is 2.71. The van der Waals surface area contributed by atoms with E-state index in [-0.39, 0.29) is 6.09 Å². The molecule has 0 atom stereocenters. The lowest BCUT2D eigenvalue weighted by Crippen LogP contribution is -2.30. The number of hydrogen-bond donors (Lipinski definition) is 0. The zero-order chi connectivity index (χ0) is 11.1. The molecule has 0 N–H and O–H groups in total. The lowest BCUT2D eigenvalue weighted by atomic mass is 9.99. The highest BCUT2D eigenvalue weighted by Gasteiger charge is 2.12. The van der Waals surface area contributed by atoms with E-state index >= 15 is 0 Å². The summed E-state index contributed by atoms with van der Waals surface area (Å²) in [5.41, 5.74) is 1.03. The average Bonchev–Trinajstić information content (AvgIpc) is 2.29. The van der Waals surface area contributed by atoms with E-state index in [1.54, 1.807) is 4.90 Å². The molecule has 1 saturated carbocycles.